The van der Waals surface area contributed by atoms with E-state index in [1.165, 1.54) is 11.8 Å². The highest BCUT2D eigenvalue weighted by Crippen LogP contribution is 2.35. The van der Waals surface area contributed by atoms with E-state index in [0.29, 0.717) is 38.0 Å². The maximum Gasteiger partial charge on any atom is 0.427 e. The van der Waals surface area contributed by atoms with Crippen molar-refractivity contribution in [2.75, 3.05) is 6.54 Å². The van der Waals surface area contributed by atoms with Crippen molar-refractivity contribution in [3.8, 4) is 0 Å². The van der Waals surface area contributed by atoms with E-state index in [1.807, 2.05) is 0 Å². The zero-order valence-electron chi connectivity index (χ0n) is 22.0. The van der Waals surface area contributed by atoms with Crippen LogP contribution >= 0.6 is 0 Å². The van der Waals surface area contributed by atoms with Gasteiger partial charge in [0.1, 0.15) is 12.1 Å². The third kappa shape index (κ3) is 7.83. The fourth-order valence-corrected chi connectivity index (χ4v) is 5.23. The third-order valence-corrected chi connectivity index (χ3v) is 7.85. The number of amides is 3. The number of hydrogen-bond donors (Lipinski definition) is 2. The zero-order valence-corrected chi connectivity index (χ0v) is 22.0. The standard InChI is InChI=1S/C26H40F3N3O5/c1-16(33)19(15-17-12-13-17)30-22(34)20-11-8-14-32(20)23(35)21(18-9-6-4-5-7-10-18)31-24(36)37-25(2,3)26(27,28)29/h17-21H,4-15H2,1-3H3,(H,30,34)(H,31,36). The van der Waals surface area contributed by atoms with Crippen molar-refractivity contribution in [3.05, 3.63) is 0 Å². The molecule has 2 saturated carbocycles. The maximum atomic E-state index is 13.8. The van der Waals surface area contributed by atoms with Crippen LogP contribution in [0.15, 0.2) is 0 Å². The van der Waals surface area contributed by atoms with Crippen LogP contribution in [0.4, 0.5) is 18.0 Å². The molecule has 0 bridgehead atoms. The summed E-state index contributed by atoms with van der Waals surface area (Å²) in [4.78, 5) is 53.0. The number of ether oxygens (including phenoxy) is 1. The third-order valence-electron chi connectivity index (χ3n) is 7.85. The molecule has 1 saturated heterocycles. The molecule has 0 spiro atoms. The van der Waals surface area contributed by atoms with Gasteiger partial charge in [-0.3, -0.25) is 14.4 Å². The first kappa shape index (κ1) is 29.2. The number of halogens is 3. The minimum Gasteiger partial charge on any atom is -0.434 e. The van der Waals surface area contributed by atoms with Crippen molar-refractivity contribution in [2.45, 2.75) is 121 Å². The van der Waals surface area contributed by atoms with Crippen LogP contribution in [0.1, 0.15) is 91.4 Å². The van der Waals surface area contributed by atoms with E-state index in [-0.39, 0.29) is 18.2 Å². The van der Waals surface area contributed by atoms with Crippen LogP contribution in [0.3, 0.4) is 0 Å². The van der Waals surface area contributed by atoms with E-state index in [9.17, 15) is 32.3 Å². The van der Waals surface area contributed by atoms with E-state index in [0.717, 1.165) is 52.4 Å². The Bertz CT molecular complexity index is 851. The Kier molecular flexibility index (Phi) is 9.50. The summed E-state index contributed by atoms with van der Waals surface area (Å²) in [6.07, 6.45) is 2.43. The Hall–Kier alpha value is -2.33. The number of Topliss-reactive ketones (excluding diaryl/α,β-unsaturated/α-hetero) is 1. The molecule has 0 aromatic carbocycles. The van der Waals surface area contributed by atoms with Gasteiger partial charge in [-0.05, 0) is 64.7 Å². The van der Waals surface area contributed by atoms with E-state index >= 15 is 0 Å². The number of nitrogens with one attached hydrogen (secondary N) is 2. The summed E-state index contributed by atoms with van der Waals surface area (Å²) in [5.41, 5.74) is -2.73. The average molecular weight is 532 g/mol. The average Bonchev–Trinajstić information content (AvgIpc) is 3.55. The van der Waals surface area contributed by atoms with Crippen molar-refractivity contribution in [3.63, 3.8) is 0 Å². The second kappa shape index (κ2) is 12.0. The first-order valence-corrected chi connectivity index (χ1v) is 13.5. The molecule has 37 heavy (non-hydrogen) atoms. The van der Waals surface area contributed by atoms with E-state index in [1.54, 1.807) is 0 Å². The van der Waals surface area contributed by atoms with Crippen LogP contribution in [0.25, 0.3) is 0 Å². The number of alkyl halides is 3. The summed E-state index contributed by atoms with van der Waals surface area (Å²) in [6.45, 7) is 3.23. The molecule has 0 radical (unpaired) electrons. The number of nitrogens with zero attached hydrogens (tertiary/aromatic N) is 1. The number of hydrogen-bond acceptors (Lipinski definition) is 5. The summed E-state index contributed by atoms with van der Waals surface area (Å²) in [7, 11) is 0. The molecular formula is C26H40F3N3O5. The predicted octanol–water partition coefficient (Wildman–Crippen LogP) is 4.26. The minimum absolute atomic E-state index is 0.135. The quantitative estimate of drug-likeness (QED) is 0.433. The van der Waals surface area contributed by atoms with Crippen LogP contribution in [0, 0.1) is 11.8 Å². The van der Waals surface area contributed by atoms with E-state index in [4.69, 9.17) is 4.74 Å². The van der Waals surface area contributed by atoms with Gasteiger partial charge in [0.2, 0.25) is 17.4 Å². The van der Waals surface area contributed by atoms with Crippen molar-refractivity contribution < 1.29 is 37.1 Å². The Morgan fingerprint density at radius 2 is 1.54 bits per heavy atom. The molecule has 3 rings (SSSR count). The van der Waals surface area contributed by atoms with Crippen LogP contribution in [-0.4, -0.2) is 65.0 Å². The molecule has 2 aliphatic carbocycles. The number of rotatable bonds is 9. The normalized spacial score (nSPS) is 23.1. The topological polar surface area (TPSA) is 105 Å². The van der Waals surface area contributed by atoms with Gasteiger partial charge in [0.25, 0.3) is 0 Å². The lowest BCUT2D eigenvalue weighted by atomic mass is 9.90. The molecule has 3 aliphatic rings. The molecule has 8 nitrogen and oxygen atoms in total. The molecule has 0 aromatic heterocycles. The van der Waals surface area contributed by atoms with Crippen molar-refractivity contribution in [2.24, 2.45) is 11.8 Å². The van der Waals surface area contributed by atoms with Crippen LogP contribution in [-0.2, 0) is 19.1 Å². The minimum atomic E-state index is -4.78. The largest absolute Gasteiger partial charge is 0.434 e. The van der Waals surface area contributed by atoms with Gasteiger partial charge >= 0.3 is 12.3 Å². The Morgan fingerprint density at radius 1 is 0.919 bits per heavy atom. The van der Waals surface area contributed by atoms with Gasteiger partial charge in [-0.2, -0.15) is 13.2 Å². The highest BCUT2D eigenvalue weighted by Gasteiger charge is 2.51. The molecule has 210 valence electrons. The Balaban J connectivity index is 1.75. The number of ketones is 1. The summed E-state index contributed by atoms with van der Waals surface area (Å²) in [5.74, 6) is -0.892. The first-order chi connectivity index (χ1) is 17.3. The number of carbonyl (C=O) groups excluding carboxylic acids is 4. The lowest BCUT2D eigenvalue weighted by Gasteiger charge is -2.34. The molecule has 0 aromatic rings. The highest BCUT2D eigenvalue weighted by atomic mass is 19.4. The van der Waals surface area contributed by atoms with E-state index in [2.05, 4.69) is 10.6 Å². The first-order valence-electron chi connectivity index (χ1n) is 13.5. The Labute approximate surface area is 216 Å². The zero-order chi connectivity index (χ0) is 27.4. The van der Waals surface area contributed by atoms with Gasteiger partial charge in [-0.25, -0.2) is 4.79 Å². The lowest BCUT2D eigenvalue weighted by molar-refractivity contribution is -0.244. The second-order valence-corrected chi connectivity index (χ2v) is 11.3. The highest BCUT2D eigenvalue weighted by molar-refractivity contribution is 5.94. The molecule has 3 fully saturated rings. The summed E-state index contributed by atoms with van der Waals surface area (Å²) >= 11 is 0. The summed E-state index contributed by atoms with van der Waals surface area (Å²) in [6, 6.07) is -2.50. The number of alkyl carbamates (subject to hydrolysis) is 1. The van der Waals surface area contributed by atoms with Crippen LogP contribution < -0.4 is 10.6 Å². The van der Waals surface area contributed by atoms with Crippen molar-refractivity contribution in [1.82, 2.24) is 15.5 Å². The second-order valence-electron chi connectivity index (χ2n) is 11.3. The summed E-state index contributed by atoms with van der Waals surface area (Å²) in [5, 5.41) is 5.25. The van der Waals surface area contributed by atoms with Crippen molar-refractivity contribution >= 4 is 23.7 Å². The van der Waals surface area contributed by atoms with Gasteiger partial charge < -0.3 is 20.3 Å². The van der Waals surface area contributed by atoms with Gasteiger partial charge in [-0.1, -0.05) is 38.5 Å². The van der Waals surface area contributed by atoms with Gasteiger partial charge in [0.05, 0.1) is 6.04 Å². The SMILES string of the molecule is CC(=O)C(CC1CC1)NC(=O)C1CCCN1C(=O)C(NC(=O)OC(C)(C)C(F)(F)F)C1CCCCCC1. The summed E-state index contributed by atoms with van der Waals surface area (Å²) < 4.78 is 44.5. The smallest absolute Gasteiger partial charge is 0.427 e. The van der Waals surface area contributed by atoms with Crippen LogP contribution in [0.2, 0.25) is 0 Å². The Morgan fingerprint density at radius 3 is 2.08 bits per heavy atom. The molecule has 3 atom stereocenters. The van der Waals surface area contributed by atoms with Crippen LogP contribution in [0.5, 0.6) is 0 Å². The van der Waals surface area contributed by atoms with Crippen molar-refractivity contribution in [1.29, 1.82) is 0 Å². The molecule has 11 heteroatoms. The maximum absolute atomic E-state index is 13.8. The molecule has 3 amide bonds. The molecular weight excluding hydrogens is 491 g/mol. The number of carbonyl (C=O) groups is 4. The molecule has 2 N–H and O–H groups in total. The predicted molar refractivity (Wildman–Crippen MR) is 129 cm³/mol. The lowest BCUT2D eigenvalue weighted by Crippen LogP contribution is -2.58. The fourth-order valence-electron chi connectivity index (χ4n) is 5.23. The number of likely N-dealkylation sites (tertiary alicyclic amines) is 1. The van der Waals surface area contributed by atoms with Gasteiger partial charge in [0, 0.05) is 6.54 Å². The van der Waals surface area contributed by atoms with Gasteiger partial charge in [0.15, 0.2) is 5.78 Å². The molecule has 1 aliphatic heterocycles. The molecule has 1 heterocycles. The van der Waals surface area contributed by atoms with Gasteiger partial charge in [-0.15, -0.1) is 0 Å². The molecule has 3 unspecified atom stereocenters. The monoisotopic (exact) mass is 531 g/mol. The van der Waals surface area contributed by atoms with E-state index < -0.39 is 47.8 Å². The fraction of sp³-hybridized carbons (Fsp3) is 0.846.